The molecule has 1 nitrogen and oxygen atoms in total. The molecule has 0 aliphatic carbocycles. The van der Waals surface area contributed by atoms with Crippen LogP contribution in [0.5, 0.6) is 0 Å². The highest BCUT2D eigenvalue weighted by Crippen LogP contribution is 2.31. The molecule has 2 rings (SSSR count). The van der Waals surface area contributed by atoms with Crippen molar-refractivity contribution in [2.75, 3.05) is 0 Å². The smallest absolute Gasteiger partial charge is 0.0702 e. The van der Waals surface area contributed by atoms with Crippen LogP contribution in [-0.4, -0.2) is 9.81 Å². The van der Waals surface area contributed by atoms with E-state index < -0.39 is 0 Å². The third-order valence-corrected chi connectivity index (χ3v) is 3.49. The van der Waals surface area contributed by atoms with Crippen LogP contribution in [0.2, 0.25) is 0 Å². The molecule has 0 aliphatic rings. The van der Waals surface area contributed by atoms with Crippen molar-refractivity contribution in [3.05, 3.63) is 42.1 Å². The molecular weight excluding hydrogens is 274 g/mol. The summed E-state index contributed by atoms with van der Waals surface area (Å²) in [6.45, 7) is 6.74. The number of pyridine rings is 1. The van der Waals surface area contributed by atoms with E-state index in [1.807, 2.05) is 12.3 Å². The Morgan fingerprint density at radius 1 is 1.29 bits per heavy atom. The molecule has 1 unspecified atom stereocenters. The summed E-state index contributed by atoms with van der Waals surface area (Å²) in [4.78, 5) is 5.06. The number of rotatable bonds is 3. The van der Waals surface area contributed by atoms with Gasteiger partial charge in [0.05, 0.1) is 5.52 Å². The molecule has 17 heavy (non-hydrogen) atoms. The van der Waals surface area contributed by atoms with Gasteiger partial charge in [-0.15, -0.1) is 0 Å². The van der Waals surface area contributed by atoms with Gasteiger partial charge in [-0.2, -0.15) is 0 Å². The van der Waals surface area contributed by atoms with Gasteiger partial charge in [-0.1, -0.05) is 54.9 Å². The lowest BCUT2D eigenvalue weighted by atomic mass is 9.81. The molecule has 0 saturated carbocycles. The van der Waals surface area contributed by atoms with E-state index in [-0.39, 0.29) is 5.41 Å². The summed E-state index contributed by atoms with van der Waals surface area (Å²) >= 11 is 3.64. The number of hydrogen-bond donors (Lipinski definition) is 0. The highest BCUT2D eigenvalue weighted by molar-refractivity contribution is 9.09. The minimum Gasteiger partial charge on any atom is -0.256 e. The average Bonchev–Trinajstić information content (AvgIpc) is 2.26. The number of alkyl halides is 1. The molecule has 0 radical (unpaired) electrons. The first-order chi connectivity index (χ1) is 7.99. The van der Waals surface area contributed by atoms with E-state index in [1.54, 1.807) is 0 Å². The molecule has 0 amide bonds. The van der Waals surface area contributed by atoms with E-state index in [0.29, 0.717) is 4.83 Å². The Morgan fingerprint density at radius 3 is 2.71 bits per heavy atom. The summed E-state index contributed by atoms with van der Waals surface area (Å²) in [5.41, 5.74) is 2.53. The fourth-order valence-corrected chi connectivity index (χ4v) is 3.07. The molecule has 1 heterocycles. The maximum atomic E-state index is 4.54. The Balaban J connectivity index is 2.42. The van der Waals surface area contributed by atoms with Crippen molar-refractivity contribution >= 4 is 26.8 Å². The SMILES string of the molecule is CC(Br)CC(C)(C)c1cnc2ccccc2c1. The van der Waals surface area contributed by atoms with Gasteiger partial charge in [0.25, 0.3) is 0 Å². The van der Waals surface area contributed by atoms with Crippen LogP contribution >= 0.6 is 15.9 Å². The van der Waals surface area contributed by atoms with Crippen molar-refractivity contribution in [3.63, 3.8) is 0 Å². The average molecular weight is 292 g/mol. The molecule has 0 spiro atoms. The molecule has 0 aliphatic heterocycles. The summed E-state index contributed by atoms with van der Waals surface area (Å²) in [5.74, 6) is 0. The Kier molecular flexibility index (Phi) is 3.53. The number of hydrogen-bond acceptors (Lipinski definition) is 1. The van der Waals surface area contributed by atoms with E-state index in [0.717, 1.165) is 11.9 Å². The molecule has 0 N–H and O–H groups in total. The highest BCUT2D eigenvalue weighted by atomic mass is 79.9. The number of nitrogens with zero attached hydrogens (tertiary/aromatic N) is 1. The van der Waals surface area contributed by atoms with E-state index >= 15 is 0 Å². The lowest BCUT2D eigenvalue weighted by Crippen LogP contribution is -2.20. The first kappa shape index (κ1) is 12.6. The molecule has 90 valence electrons. The monoisotopic (exact) mass is 291 g/mol. The van der Waals surface area contributed by atoms with Crippen LogP contribution in [0.15, 0.2) is 36.5 Å². The van der Waals surface area contributed by atoms with Crippen molar-refractivity contribution in [2.45, 2.75) is 37.4 Å². The predicted molar refractivity (Wildman–Crippen MR) is 77.8 cm³/mol. The summed E-state index contributed by atoms with van der Waals surface area (Å²) in [5, 5.41) is 1.22. The first-order valence-electron chi connectivity index (χ1n) is 5.98. The predicted octanol–water partition coefficient (Wildman–Crippen LogP) is 4.69. The third kappa shape index (κ3) is 2.86. The summed E-state index contributed by atoms with van der Waals surface area (Å²) in [6.07, 6.45) is 3.12. The van der Waals surface area contributed by atoms with Gasteiger partial charge in [-0.05, 0) is 29.5 Å². The fraction of sp³-hybridized carbons (Fsp3) is 0.400. The molecule has 1 aromatic carbocycles. The minimum absolute atomic E-state index is 0.153. The lowest BCUT2D eigenvalue weighted by molar-refractivity contribution is 0.481. The molecule has 2 aromatic rings. The number of para-hydroxylation sites is 1. The van der Waals surface area contributed by atoms with Crippen LogP contribution in [0.4, 0.5) is 0 Å². The number of benzene rings is 1. The Bertz CT molecular complexity index is 517. The fourth-order valence-electron chi connectivity index (χ4n) is 2.26. The zero-order chi connectivity index (χ0) is 12.5. The van der Waals surface area contributed by atoms with E-state index in [2.05, 4.69) is 66.0 Å². The van der Waals surface area contributed by atoms with Crippen molar-refractivity contribution in [1.82, 2.24) is 4.98 Å². The first-order valence-corrected chi connectivity index (χ1v) is 6.90. The second-order valence-corrected chi connectivity index (χ2v) is 6.85. The second kappa shape index (κ2) is 4.77. The molecule has 2 heteroatoms. The van der Waals surface area contributed by atoms with Gasteiger partial charge >= 0.3 is 0 Å². The van der Waals surface area contributed by atoms with Crippen molar-refractivity contribution in [3.8, 4) is 0 Å². The minimum atomic E-state index is 0.153. The van der Waals surface area contributed by atoms with E-state index in [9.17, 15) is 0 Å². The Labute approximate surface area is 111 Å². The quantitative estimate of drug-likeness (QED) is 0.748. The summed E-state index contributed by atoms with van der Waals surface area (Å²) in [7, 11) is 0. The van der Waals surface area contributed by atoms with Crippen LogP contribution in [0.1, 0.15) is 32.8 Å². The highest BCUT2D eigenvalue weighted by Gasteiger charge is 2.23. The van der Waals surface area contributed by atoms with Crippen LogP contribution in [0, 0.1) is 0 Å². The van der Waals surface area contributed by atoms with Crippen LogP contribution in [-0.2, 0) is 5.41 Å². The van der Waals surface area contributed by atoms with Gasteiger partial charge in [0, 0.05) is 16.4 Å². The second-order valence-electron chi connectivity index (χ2n) is 5.29. The number of fused-ring (bicyclic) bond motifs is 1. The van der Waals surface area contributed by atoms with Crippen LogP contribution < -0.4 is 0 Å². The van der Waals surface area contributed by atoms with Gasteiger partial charge in [0.2, 0.25) is 0 Å². The van der Waals surface area contributed by atoms with Crippen molar-refractivity contribution in [2.24, 2.45) is 0 Å². The Morgan fingerprint density at radius 2 is 2.00 bits per heavy atom. The lowest BCUT2D eigenvalue weighted by Gasteiger charge is -2.26. The topological polar surface area (TPSA) is 12.9 Å². The van der Waals surface area contributed by atoms with Gasteiger partial charge < -0.3 is 0 Å². The summed E-state index contributed by atoms with van der Waals surface area (Å²) in [6, 6.07) is 10.5. The van der Waals surface area contributed by atoms with Gasteiger partial charge in [-0.25, -0.2) is 0 Å². The zero-order valence-electron chi connectivity index (χ0n) is 10.6. The zero-order valence-corrected chi connectivity index (χ0v) is 12.2. The molecule has 0 saturated heterocycles. The molecule has 0 bridgehead atoms. The number of aromatic nitrogens is 1. The molecular formula is C15H18BrN. The maximum absolute atomic E-state index is 4.54. The largest absolute Gasteiger partial charge is 0.256 e. The van der Waals surface area contributed by atoms with E-state index in [1.165, 1.54) is 10.9 Å². The number of halogens is 1. The maximum Gasteiger partial charge on any atom is 0.0702 e. The van der Waals surface area contributed by atoms with E-state index in [4.69, 9.17) is 0 Å². The van der Waals surface area contributed by atoms with Crippen molar-refractivity contribution in [1.29, 1.82) is 0 Å². The van der Waals surface area contributed by atoms with Gasteiger partial charge in [0.15, 0.2) is 0 Å². The van der Waals surface area contributed by atoms with Crippen LogP contribution in [0.25, 0.3) is 10.9 Å². The third-order valence-electron chi connectivity index (χ3n) is 3.16. The Hall–Kier alpha value is -0.890. The van der Waals surface area contributed by atoms with Gasteiger partial charge in [-0.3, -0.25) is 4.98 Å². The van der Waals surface area contributed by atoms with Gasteiger partial charge in [0.1, 0.15) is 0 Å². The molecule has 1 aromatic heterocycles. The normalized spacial score (nSPS) is 13.9. The summed E-state index contributed by atoms with van der Waals surface area (Å²) < 4.78 is 0. The van der Waals surface area contributed by atoms with Crippen LogP contribution in [0.3, 0.4) is 0 Å². The molecule has 1 atom stereocenters. The standard InChI is InChI=1S/C15H18BrN/c1-11(16)9-15(2,3)13-8-12-6-4-5-7-14(12)17-10-13/h4-8,10-11H,9H2,1-3H3. The van der Waals surface area contributed by atoms with Crippen molar-refractivity contribution < 1.29 is 0 Å². The molecule has 0 fully saturated rings.